The van der Waals surface area contributed by atoms with Crippen LogP contribution in [0.3, 0.4) is 0 Å². The molecule has 3 rings (SSSR count). The molecule has 0 spiro atoms. The number of oxazole rings is 1. The van der Waals surface area contributed by atoms with E-state index in [9.17, 15) is 4.79 Å². The molecule has 1 N–H and O–H groups in total. The molecule has 106 valence electrons. The first-order valence-corrected chi connectivity index (χ1v) is 6.97. The van der Waals surface area contributed by atoms with E-state index in [0.717, 1.165) is 4.47 Å². The zero-order chi connectivity index (χ0) is 15.0. The van der Waals surface area contributed by atoms with Gasteiger partial charge in [-0.1, -0.05) is 27.5 Å². The summed E-state index contributed by atoms with van der Waals surface area (Å²) in [5.74, 6) is -0.642. The van der Waals surface area contributed by atoms with Gasteiger partial charge in [0.2, 0.25) is 0 Å². The summed E-state index contributed by atoms with van der Waals surface area (Å²) in [7, 11) is 0. The van der Waals surface area contributed by atoms with E-state index in [-0.39, 0.29) is 11.6 Å². The topological polar surface area (TPSA) is 72.6 Å². The summed E-state index contributed by atoms with van der Waals surface area (Å²) in [6.07, 6.45) is -0.00300. The summed E-state index contributed by atoms with van der Waals surface area (Å²) in [5.41, 5.74) is 0.952. The highest BCUT2D eigenvalue weighted by molar-refractivity contribution is 9.10. The molecule has 2 aromatic carbocycles. The van der Waals surface area contributed by atoms with E-state index in [4.69, 9.17) is 25.9 Å². The van der Waals surface area contributed by atoms with Gasteiger partial charge in [0.15, 0.2) is 11.3 Å². The van der Waals surface area contributed by atoms with Crippen molar-refractivity contribution >= 4 is 44.6 Å². The molecular formula is C14H7BrClNO4. The molecule has 1 aromatic heterocycles. The Hall–Kier alpha value is -2.05. The van der Waals surface area contributed by atoms with Crippen LogP contribution in [0.15, 0.2) is 45.3 Å². The Kier molecular flexibility index (Phi) is 3.57. The van der Waals surface area contributed by atoms with E-state index in [1.165, 1.54) is 12.1 Å². The number of carbonyl (C=O) groups is 1. The summed E-state index contributed by atoms with van der Waals surface area (Å²) in [5, 5.41) is 9.33. The molecule has 0 radical (unpaired) electrons. The fourth-order valence-electron chi connectivity index (χ4n) is 1.73. The molecule has 21 heavy (non-hydrogen) atoms. The van der Waals surface area contributed by atoms with Gasteiger partial charge >= 0.3 is 12.0 Å². The fraction of sp³-hybridized carbons (Fsp3) is 0. The Morgan fingerprint density at radius 1 is 1.29 bits per heavy atom. The zero-order valence-corrected chi connectivity index (χ0v) is 12.7. The van der Waals surface area contributed by atoms with Crippen LogP contribution in [-0.2, 0) is 0 Å². The van der Waals surface area contributed by atoms with Gasteiger partial charge in [-0.05, 0) is 36.4 Å². The van der Waals surface area contributed by atoms with Gasteiger partial charge in [0.25, 0.3) is 0 Å². The van der Waals surface area contributed by atoms with Gasteiger partial charge in [-0.3, -0.25) is 0 Å². The SMILES string of the molecule is O=C(O)c1ccc2nc(Oc3ccc(Br)cc3Cl)oc2c1. The van der Waals surface area contributed by atoms with E-state index in [1.807, 2.05) is 0 Å². The third-order valence-electron chi connectivity index (χ3n) is 2.71. The number of hydrogen-bond donors (Lipinski definition) is 1. The lowest BCUT2D eigenvalue weighted by Gasteiger charge is -2.02. The first-order chi connectivity index (χ1) is 10.0. The molecule has 0 aliphatic heterocycles. The van der Waals surface area contributed by atoms with Gasteiger partial charge in [0.1, 0.15) is 5.52 Å². The summed E-state index contributed by atoms with van der Waals surface area (Å²) in [6, 6.07) is 9.51. The highest BCUT2D eigenvalue weighted by Gasteiger charge is 2.12. The number of hydrogen-bond acceptors (Lipinski definition) is 4. The summed E-state index contributed by atoms with van der Waals surface area (Å²) in [6.45, 7) is 0. The van der Waals surface area contributed by atoms with Crippen LogP contribution in [0.5, 0.6) is 11.8 Å². The lowest BCUT2D eigenvalue weighted by atomic mass is 10.2. The highest BCUT2D eigenvalue weighted by Crippen LogP contribution is 2.32. The van der Waals surface area contributed by atoms with Crippen molar-refractivity contribution in [2.45, 2.75) is 0 Å². The van der Waals surface area contributed by atoms with Gasteiger partial charge < -0.3 is 14.3 Å². The number of carboxylic acids is 1. The molecule has 0 fully saturated rings. The second-order valence-corrected chi connectivity index (χ2v) is 5.47. The number of rotatable bonds is 3. The van der Waals surface area contributed by atoms with Crippen molar-refractivity contribution in [1.29, 1.82) is 0 Å². The Bertz CT molecular complexity index is 846. The number of carboxylic acid groups (broad SMARTS) is 1. The number of ether oxygens (including phenoxy) is 1. The van der Waals surface area contributed by atoms with Gasteiger partial charge in [-0.25, -0.2) is 4.79 Å². The van der Waals surface area contributed by atoms with Crippen molar-refractivity contribution in [2.75, 3.05) is 0 Å². The molecule has 0 amide bonds. The molecule has 0 atom stereocenters. The van der Waals surface area contributed by atoms with Crippen LogP contribution in [0, 0.1) is 0 Å². The van der Waals surface area contributed by atoms with Crippen molar-refractivity contribution in [3.05, 3.63) is 51.5 Å². The third-order valence-corrected chi connectivity index (χ3v) is 3.50. The number of fused-ring (bicyclic) bond motifs is 1. The first-order valence-electron chi connectivity index (χ1n) is 5.80. The molecule has 5 nitrogen and oxygen atoms in total. The lowest BCUT2D eigenvalue weighted by Crippen LogP contribution is -1.94. The molecule has 0 aliphatic rings. The number of aromatic carboxylic acids is 1. The van der Waals surface area contributed by atoms with Gasteiger partial charge in [-0.2, -0.15) is 4.98 Å². The third kappa shape index (κ3) is 2.86. The Labute approximate surface area is 132 Å². The molecule has 3 aromatic rings. The van der Waals surface area contributed by atoms with Crippen LogP contribution in [0.2, 0.25) is 5.02 Å². The minimum absolute atomic E-state index is 0.00300. The summed E-state index contributed by atoms with van der Waals surface area (Å²) in [4.78, 5) is 15.0. The normalized spacial score (nSPS) is 10.8. The first kappa shape index (κ1) is 13.9. The fourth-order valence-corrected chi connectivity index (χ4v) is 2.44. The smallest absolute Gasteiger partial charge is 0.400 e. The predicted molar refractivity (Wildman–Crippen MR) is 80.2 cm³/mol. The van der Waals surface area contributed by atoms with E-state index in [2.05, 4.69) is 20.9 Å². The van der Waals surface area contributed by atoms with Crippen LogP contribution in [0.25, 0.3) is 11.1 Å². The van der Waals surface area contributed by atoms with Crippen molar-refractivity contribution in [3.8, 4) is 11.8 Å². The van der Waals surface area contributed by atoms with E-state index in [0.29, 0.717) is 21.9 Å². The van der Waals surface area contributed by atoms with Crippen molar-refractivity contribution < 1.29 is 19.1 Å². The second-order valence-electron chi connectivity index (χ2n) is 4.14. The largest absolute Gasteiger partial charge is 0.478 e. The standard InChI is InChI=1S/C14H7BrClNO4/c15-8-2-4-11(9(16)6-8)20-14-17-10-3-1-7(13(18)19)5-12(10)21-14/h1-6H,(H,18,19). The molecule has 0 aliphatic carbocycles. The monoisotopic (exact) mass is 367 g/mol. The Balaban J connectivity index is 1.95. The number of aromatic nitrogens is 1. The number of nitrogens with zero attached hydrogens (tertiary/aromatic N) is 1. The van der Waals surface area contributed by atoms with E-state index >= 15 is 0 Å². The van der Waals surface area contributed by atoms with Crippen molar-refractivity contribution in [2.24, 2.45) is 0 Å². The van der Waals surface area contributed by atoms with E-state index in [1.54, 1.807) is 24.3 Å². The minimum Gasteiger partial charge on any atom is -0.478 e. The van der Waals surface area contributed by atoms with Crippen LogP contribution in [0.4, 0.5) is 0 Å². The Morgan fingerprint density at radius 3 is 2.81 bits per heavy atom. The zero-order valence-electron chi connectivity index (χ0n) is 10.3. The van der Waals surface area contributed by atoms with Crippen LogP contribution < -0.4 is 4.74 Å². The number of benzene rings is 2. The van der Waals surface area contributed by atoms with Crippen LogP contribution in [0.1, 0.15) is 10.4 Å². The van der Waals surface area contributed by atoms with E-state index < -0.39 is 5.97 Å². The van der Waals surface area contributed by atoms with Gasteiger partial charge in [-0.15, -0.1) is 0 Å². The maximum atomic E-state index is 10.9. The molecule has 1 heterocycles. The molecule has 7 heteroatoms. The maximum absolute atomic E-state index is 10.9. The second kappa shape index (κ2) is 5.38. The van der Waals surface area contributed by atoms with Crippen LogP contribution in [-0.4, -0.2) is 16.1 Å². The van der Waals surface area contributed by atoms with Crippen LogP contribution >= 0.6 is 27.5 Å². The predicted octanol–water partition coefficient (Wildman–Crippen LogP) is 4.73. The minimum atomic E-state index is -1.04. The number of halogens is 2. The highest BCUT2D eigenvalue weighted by atomic mass is 79.9. The maximum Gasteiger partial charge on any atom is 0.400 e. The van der Waals surface area contributed by atoms with Crippen molar-refractivity contribution in [3.63, 3.8) is 0 Å². The average Bonchev–Trinajstić information content (AvgIpc) is 2.83. The molecular weight excluding hydrogens is 362 g/mol. The lowest BCUT2D eigenvalue weighted by molar-refractivity contribution is 0.0697. The quantitative estimate of drug-likeness (QED) is 0.723. The molecule has 0 bridgehead atoms. The molecule has 0 saturated heterocycles. The molecule has 0 saturated carbocycles. The Morgan fingerprint density at radius 2 is 2.10 bits per heavy atom. The summed E-state index contributed by atoms with van der Waals surface area (Å²) >= 11 is 9.34. The van der Waals surface area contributed by atoms with Gasteiger partial charge in [0, 0.05) is 4.47 Å². The van der Waals surface area contributed by atoms with Crippen molar-refractivity contribution in [1.82, 2.24) is 4.98 Å². The van der Waals surface area contributed by atoms with Gasteiger partial charge in [0.05, 0.1) is 10.6 Å². The summed E-state index contributed by atoms with van der Waals surface area (Å²) < 4.78 is 11.7. The molecule has 0 unspecified atom stereocenters. The average molecular weight is 369 g/mol.